The molecule has 2 saturated carbocycles. The van der Waals surface area contributed by atoms with Crippen molar-refractivity contribution in [3.63, 3.8) is 0 Å². The van der Waals surface area contributed by atoms with Gasteiger partial charge in [0.25, 0.3) is 0 Å². The SMILES string of the molecule is CNC1CCCC(n2cnnc2C2CC2)C1. The molecule has 0 aromatic carbocycles. The highest BCUT2D eigenvalue weighted by atomic mass is 15.3. The fourth-order valence-corrected chi connectivity index (χ4v) is 2.85. The van der Waals surface area contributed by atoms with Gasteiger partial charge < -0.3 is 9.88 Å². The van der Waals surface area contributed by atoms with Crippen molar-refractivity contribution in [2.24, 2.45) is 0 Å². The maximum absolute atomic E-state index is 4.30. The maximum Gasteiger partial charge on any atom is 0.136 e. The van der Waals surface area contributed by atoms with E-state index in [1.807, 2.05) is 6.33 Å². The Labute approximate surface area is 96.4 Å². The van der Waals surface area contributed by atoms with E-state index in [9.17, 15) is 0 Å². The minimum Gasteiger partial charge on any atom is -0.317 e. The molecule has 0 amide bonds. The molecule has 0 radical (unpaired) electrons. The van der Waals surface area contributed by atoms with Crippen LogP contribution >= 0.6 is 0 Å². The van der Waals surface area contributed by atoms with Crippen molar-refractivity contribution in [2.75, 3.05) is 7.05 Å². The fourth-order valence-electron chi connectivity index (χ4n) is 2.85. The molecule has 2 aliphatic carbocycles. The van der Waals surface area contributed by atoms with Crippen LogP contribution in [0.5, 0.6) is 0 Å². The lowest BCUT2D eigenvalue weighted by Gasteiger charge is -2.30. The summed E-state index contributed by atoms with van der Waals surface area (Å²) in [4.78, 5) is 0. The fraction of sp³-hybridized carbons (Fsp3) is 0.833. The zero-order chi connectivity index (χ0) is 11.0. The monoisotopic (exact) mass is 220 g/mol. The van der Waals surface area contributed by atoms with Crippen molar-refractivity contribution in [1.29, 1.82) is 0 Å². The third-order valence-corrected chi connectivity index (χ3v) is 3.99. The Balaban J connectivity index is 1.77. The molecular formula is C12H20N4. The summed E-state index contributed by atoms with van der Waals surface area (Å²) in [7, 11) is 2.07. The van der Waals surface area contributed by atoms with Gasteiger partial charge in [-0.15, -0.1) is 10.2 Å². The number of nitrogens with one attached hydrogen (secondary N) is 1. The van der Waals surface area contributed by atoms with Crippen LogP contribution in [-0.4, -0.2) is 27.9 Å². The van der Waals surface area contributed by atoms with Crippen LogP contribution in [0.25, 0.3) is 0 Å². The maximum atomic E-state index is 4.30. The second-order valence-corrected chi connectivity index (χ2v) is 5.18. The number of hydrogen-bond acceptors (Lipinski definition) is 3. The first-order valence-corrected chi connectivity index (χ1v) is 6.45. The summed E-state index contributed by atoms with van der Waals surface area (Å²) in [5.74, 6) is 1.94. The molecule has 1 N–H and O–H groups in total. The quantitative estimate of drug-likeness (QED) is 0.845. The van der Waals surface area contributed by atoms with Crippen LogP contribution in [0.2, 0.25) is 0 Å². The number of nitrogens with zero attached hydrogens (tertiary/aromatic N) is 3. The van der Waals surface area contributed by atoms with E-state index in [0.717, 1.165) is 0 Å². The Morgan fingerprint density at radius 2 is 2.19 bits per heavy atom. The zero-order valence-electron chi connectivity index (χ0n) is 9.89. The molecule has 0 spiro atoms. The van der Waals surface area contributed by atoms with E-state index in [1.54, 1.807) is 0 Å². The second-order valence-electron chi connectivity index (χ2n) is 5.18. The van der Waals surface area contributed by atoms with E-state index in [0.29, 0.717) is 18.0 Å². The standard InChI is InChI=1S/C12H20N4/c1-13-10-3-2-4-11(7-10)16-8-14-15-12(16)9-5-6-9/h8-11,13H,2-7H2,1H3. The molecule has 88 valence electrons. The highest BCUT2D eigenvalue weighted by Gasteiger charge is 2.32. The number of rotatable bonds is 3. The van der Waals surface area contributed by atoms with E-state index < -0.39 is 0 Å². The summed E-state index contributed by atoms with van der Waals surface area (Å²) < 4.78 is 2.35. The molecule has 0 saturated heterocycles. The number of hydrogen-bond donors (Lipinski definition) is 1. The van der Waals surface area contributed by atoms with Crippen LogP contribution in [0.3, 0.4) is 0 Å². The molecule has 3 rings (SSSR count). The predicted molar refractivity (Wildman–Crippen MR) is 62.3 cm³/mol. The van der Waals surface area contributed by atoms with Crippen molar-refractivity contribution in [3.8, 4) is 0 Å². The highest BCUT2D eigenvalue weighted by Crippen LogP contribution is 2.41. The lowest BCUT2D eigenvalue weighted by Crippen LogP contribution is -2.32. The molecule has 4 heteroatoms. The minimum atomic E-state index is 0.622. The van der Waals surface area contributed by atoms with Crippen LogP contribution < -0.4 is 5.32 Å². The minimum absolute atomic E-state index is 0.622. The molecule has 2 aliphatic rings. The lowest BCUT2D eigenvalue weighted by molar-refractivity contribution is 0.289. The van der Waals surface area contributed by atoms with Crippen LogP contribution in [0, 0.1) is 0 Å². The lowest BCUT2D eigenvalue weighted by atomic mass is 9.91. The van der Waals surface area contributed by atoms with Gasteiger partial charge in [-0.25, -0.2) is 0 Å². The highest BCUT2D eigenvalue weighted by molar-refractivity contribution is 5.06. The molecule has 2 atom stereocenters. The van der Waals surface area contributed by atoms with Crippen LogP contribution in [0.15, 0.2) is 6.33 Å². The van der Waals surface area contributed by atoms with Crippen LogP contribution in [-0.2, 0) is 0 Å². The van der Waals surface area contributed by atoms with E-state index >= 15 is 0 Å². The molecule has 2 fully saturated rings. The van der Waals surface area contributed by atoms with Gasteiger partial charge in [-0.3, -0.25) is 0 Å². The Kier molecular flexibility index (Phi) is 2.67. The second kappa shape index (κ2) is 4.17. The van der Waals surface area contributed by atoms with E-state index in [2.05, 4.69) is 27.1 Å². The zero-order valence-corrected chi connectivity index (χ0v) is 9.89. The molecule has 2 unspecified atom stereocenters. The Morgan fingerprint density at radius 3 is 2.94 bits per heavy atom. The third kappa shape index (κ3) is 1.86. The largest absolute Gasteiger partial charge is 0.317 e. The third-order valence-electron chi connectivity index (χ3n) is 3.99. The molecule has 1 aromatic rings. The van der Waals surface area contributed by atoms with Gasteiger partial charge in [0.2, 0.25) is 0 Å². The molecule has 16 heavy (non-hydrogen) atoms. The van der Waals surface area contributed by atoms with Gasteiger partial charge in [0.15, 0.2) is 0 Å². The summed E-state index contributed by atoms with van der Waals surface area (Å²) >= 11 is 0. The van der Waals surface area contributed by atoms with Gasteiger partial charge in [0.05, 0.1) is 0 Å². The van der Waals surface area contributed by atoms with E-state index in [4.69, 9.17) is 0 Å². The van der Waals surface area contributed by atoms with Gasteiger partial charge >= 0.3 is 0 Å². The first-order chi connectivity index (χ1) is 7.88. The van der Waals surface area contributed by atoms with Crippen molar-refractivity contribution in [1.82, 2.24) is 20.1 Å². The summed E-state index contributed by atoms with van der Waals surface area (Å²) in [5, 5.41) is 11.8. The Hall–Kier alpha value is -0.900. The Morgan fingerprint density at radius 1 is 1.31 bits per heavy atom. The van der Waals surface area contributed by atoms with Gasteiger partial charge in [-0.2, -0.15) is 0 Å². The smallest absolute Gasteiger partial charge is 0.136 e. The van der Waals surface area contributed by atoms with Gasteiger partial charge in [0, 0.05) is 18.0 Å². The van der Waals surface area contributed by atoms with Crippen LogP contribution in [0.4, 0.5) is 0 Å². The summed E-state index contributed by atoms with van der Waals surface area (Å²) in [6, 6.07) is 1.30. The van der Waals surface area contributed by atoms with Gasteiger partial charge in [-0.1, -0.05) is 0 Å². The average Bonchev–Trinajstić information content (AvgIpc) is 3.07. The molecule has 4 nitrogen and oxygen atoms in total. The van der Waals surface area contributed by atoms with Crippen LogP contribution in [0.1, 0.15) is 56.3 Å². The van der Waals surface area contributed by atoms with Crippen molar-refractivity contribution in [2.45, 2.75) is 56.5 Å². The first kappa shape index (κ1) is 10.3. The van der Waals surface area contributed by atoms with E-state index in [1.165, 1.54) is 44.3 Å². The normalized spacial score (nSPS) is 30.6. The molecule has 1 aromatic heterocycles. The molecule has 0 bridgehead atoms. The van der Waals surface area contributed by atoms with Crippen molar-refractivity contribution >= 4 is 0 Å². The topological polar surface area (TPSA) is 42.7 Å². The van der Waals surface area contributed by atoms with Crippen molar-refractivity contribution in [3.05, 3.63) is 12.2 Å². The number of aromatic nitrogens is 3. The average molecular weight is 220 g/mol. The van der Waals surface area contributed by atoms with Crippen molar-refractivity contribution < 1.29 is 0 Å². The Bertz CT molecular complexity index is 356. The molecule has 0 aliphatic heterocycles. The summed E-state index contributed by atoms with van der Waals surface area (Å²) in [5.41, 5.74) is 0. The summed E-state index contributed by atoms with van der Waals surface area (Å²) in [6.45, 7) is 0. The predicted octanol–water partition coefficient (Wildman–Crippen LogP) is 1.86. The van der Waals surface area contributed by atoms with Gasteiger partial charge in [0.1, 0.15) is 12.2 Å². The van der Waals surface area contributed by atoms with E-state index in [-0.39, 0.29) is 0 Å². The molecular weight excluding hydrogens is 200 g/mol. The van der Waals surface area contributed by atoms with Gasteiger partial charge in [-0.05, 0) is 45.6 Å². The summed E-state index contributed by atoms with van der Waals surface area (Å²) in [6.07, 6.45) is 9.70. The molecule has 1 heterocycles. The first-order valence-electron chi connectivity index (χ1n) is 6.45.